The maximum Gasteiger partial charge on any atom is 0.337 e. The van der Waals surface area contributed by atoms with Gasteiger partial charge in [-0.3, -0.25) is 4.79 Å². The van der Waals surface area contributed by atoms with E-state index in [2.05, 4.69) is 0 Å². The number of carbonyl (C=O) groups is 2. The van der Waals surface area contributed by atoms with Gasteiger partial charge in [0.15, 0.2) is 5.54 Å². The van der Waals surface area contributed by atoms with Gasteiger partial charge in [0.2, 0.25) is 5.91 Å². The summed E-state index contributed by atoms with van der Waals surface area (Å²) in [6.45, 7) is 1.05. The van der Waals surface area contributed by atoms with E-state index in [0.717, 1.165) is 17.7 Å². The first kappa shape index (κ1) is 18.9. The Balaban J connectivity index is 2.57. The van der Waals surface area contributed by atoms with Crippen LogP contribution >= 0.6 is 0 Å². The molecule has 0 unspecified atom stereocenters. The predicted molar refractivity (Wildman–Crippen MR) is 85.8 cm³/mol. The van der Waals surface area contributed by atoms with Crippen molar-refractivity contribution in [2.24, 2.45) is 11.8 Å². The van der Waals surface area contributed by atoms with Crippen molar-refractivity contribution in [2.75, 3.05) is 20.8 Å². The number of hydrogen-bond acceptors (Lipinski definition) is 6. The van der Waals surface area contributed by atoms with Crippen LogP contribution in [-0.2, 0) is 14.3 Å². The average Bonchev–Trinajstić information content (AvgIpc) is 2.73. The Bertz CT molecular complexity index is 531. The first-order valence-electron chi connectivity index (χ1n) is 8.30. The van der Waals surface area contributed by atoms with Gasteiger partial charge in [-0.1, -0.05) is 12.2 Å². The highest BCUT2D eigenvalue weighted by molar-refractivity contribution is 5.96. The number of rotatable bonds is 5. The molecule has 7 nitrogen and oxygen atoms in total. The van der Waals surface area contributed by atoms with E-state index in [1.807, 2.05) is 12.2 Å². The number of esters is 1. The molecule has 1 amide bonds. The van der Waals surface area contributed by atoms with Crippen molar-refractivity contribution in [3.05, 3.63) is 12.2 Å². The van der Waals surface area contributed by atoms with Gasteiger partial charge in [-0.25, -0.2) is 4.79 Å². The lowest BCUT2D eigenvalue weighted by Gasteiger charge is -2.47. The number of nitrogens with zero attached hydrogens (tertiary/aromatic N) is 1. The monoisotopic (exact) mass is 341 g/mol. The highest BCUT2D eigenvalue weighted by Gasteiger charge is 2.72. The number of likely N-dealkylation sites (tertiary alicyclic amines) is 1. The van der Waals surface area contributed by atoms with Gasteiger partial charge in [0.1, 0.15) is 5.60 Å². The third-order valence-electron chi connectivity index (χ3n) is 5.65. The normalized spacial score (nSPS) is 37.6. The third-order valence-corrected chi connectivity index (χ3v) is 5.65. The number of amides is 1. The van der Waals surface area contributed by atoms with E-state index in [0.29, 0.717) is 6.42 Å². The summed E-state index contributed by atoms with van der Waals surface area (Å²) in [6.07, 6.45) is 4.85. The van der Waals surface area contributed by atoms with Gasteiger partial charge in [0.05, 0.1) is 19.1 Å². The van der Waals surface area contributed by atoms with E-state index in [4.69, 9.17) is 4.74 Å². The fourth-order valence-electron chi connectivity index (χ4n) is 4.32. The van der Waals surface area contributed by atoms with Crippen LogP contribution in [0.5, 0.6) is 0 Å². The van der Waals surface area contributed by atoms with Crippen molar-refractivity contribution >= 4 is 11.9 Å². The van der Waals surface area contributed by atoms with Crippen LogP contribution in [0.2, 0.25) is 0 Å². The van der Waals surface area contributed by atoms with Crippen LogP contribution in [0.25, 0.3) is 0 Å². The summed E-state index contributed by atoms with van der Waals surface area (Å²) in [7, 11) is 2.56. The number of ether oxygens (including phenoxy) is 1. The topological polar surface area (TPSA) is 107 Å². The standard InChI is InChI=1S/C17H27NO6/c1-16(23)12(9-10-19)14(21)18(2)17(16,15(22)24-3)13(20)11-7-5-4-6-8-11/h5,7,11-13,19-20,23H,4,6,8-10H2,1-3H3/t11-,12+,13+,16+,17+/m1/s1. The number of aliphatic hydroxyl groups is 3. The molecule has 1 saturated heterocycles. The number of aliphatic hydroxyl groups excluding tert-OH is 2. The molecule has 2 rings (SSSR count). The second-order valence-corrected chi connectivity index (χ2v) is 6.84. The lowest BCUT2D eigenvalue weighted by atomic mass is 9.68. The predicted octanol–water partition coefficient (Wildman–Crippen LogP) is -0.163. The van der Waals surface area contributed by atoms with E-state index in [1.54, 1.807) is 0 Å². The Kier molecular flexibility index (Phi) is 5.37. The maximum absolute atomic E-state index is 12.7. The van der Waals surface area contributed by atoms with Crippen molar-refractivity contribution < 1.29 is 29.6 Å². The molecule has 0 aromatic rings. The number of methoxy groups -OCH3 is 1. The van der Waals surface area contributed by atoms with E-state index in [9.17, 15) is 24.9 Å². The molecule has 1 heterocycles. The number of hydrogen-bond donors (Lipinski definition) is 3. The zero-order chi connectivity index (χ0) is 18.1. The highest BCUT2D eigenvalue weighted by Crippen LogP contribution is 2.49. The molecule has 0 radical (unpaired) electrons. The maximum atomic E-state index is 12.7. The second-order valence-electron chi connectivity index (χ2n) is 6.84. The van der Waals surface area contributed by atoms with E-state index in [-0.39, 0.29) is 18.9 Å². The summed E-state index contributed by atoms with van der Waals surface area (Å²) in [6, 6.07) is 0. The fraction of sp³-hybridized carbons (Fsp3) is 0.765. The van der Waals surface area contributed by atoms with Crippen LogP contribution in [0.3, 0.4) is 0 Å². The van der Waals surface area contributed by atoms with Crippen molar-refractivity contribution in [3.8, 4) is 0 Å². The lowest BCUT2D eigenvalue weighted by Crippen LogP contribution is -2.70. The fourth-order valence-corrected chi connectivity index (χ4v) is 4.32. The van der Waals surface area contributed by atoms with Gasteiger partial charge >= 0.3 is 5.97 Å². The molecular weight excluding hydrogens is 314 g/mol. The van der Waals surface area contributed by atoms with Gasteiger partial charge in [-0.05, 0) is 32.6 Å². The molecular formula is C17H27NO6. The Hall–Kier alpha value is -1.44. The molecule has 0 aromatic heterocycles. The third kappa shape index (κ3) is 2.46. The Morgan fingerprint density at radius 1 is 1.54 bits per heavy atom. The zero-order valence-corrected chi connectivity index (χ0v) is 14.4. The molecule has 136 valence electrons. The Labute approximate surface area is 141 Å². The van der Waals surface area contributed by atoms with Gasteiger partial charge < -0.3 is 25.0 Å². The zero-order valence-electron chi connectivity index (χ0n) is 14.4. The van der Waals surface area contributed by atoms with Crippen LogP contribution < -0.4 is 0 Å². The Morgan fingerprint density at radius 3 is 2.71 bits per heavy atom. The number of likely N-dealkylation sites (N-methyl/N-ethyl adjacent to an activating group) is 1. The minimum absolute atomic E-state index is 0.00213. The van der Waals surface area contributed by atoms with Gasteiger partial charge in [0.25, 0.3) is 0 Å². The lowest BCUT2D eigenvalue weighted by molar-refractivity contribution is -0.187. The molecule has 1 aliphatic carbocycles. The molecule has 3 N–H and O–H groups in total. The smallest absolute Gasteiger partial charge is 0.337 e. The summed E-state index contributed by atoms with van der Waals surface area (Å²) < 4.78 is 4.89. The van der Waals surface area contributed by atoms with Crippen molar-refractivity contribution in [3.63, 3.8) is 0 Å². The van der Waals surface area contributed by atoms with Crippen molar-refractivity contribution in [2.45, 2.75) is 49.9 Å². The summed E-state index contributed by atoms with van der Waals surface area (Å²) in [5.41, 5.74) is -3.79. The largest absolute Gasteiger partial charge is 0.467 e. The number of carbonyl (C=O) groups excluding carboxylic acids is 2. The molecule has 2 aliphatic rings. The average molecular weight is 341 g/mol. The van der Waals surface area contributed by atoms with E-state index >= 15 is 0 Å². The highest BCUT2D eigenvalue weighted by atomic mass is 16.5. The van der Waals surface area contributed by atoms with Crippen LogP contribution in [0.1, 0.15) is 32.6 Å². The summed E-state index contributed by atoms with van der Waals surface area (Å²) in [5.74, 6) is -2.70. The SMILES string of the molecule is COC(=O)[C@]1([C@@H](O)[C@@H]2C=CCCC2)N(C)C(=O)[C@H](CCO)[C@]1(C)O. The van der Waals surface area contributed by atoms with Crippen LogP contribution in [0, 0.1) is 11.8 Å². The molecule has 24 heavy (non-hydrogen) atoms. The first-order valence-corrected chi connectivity index (χ1v) is 8.30. The second kappa shape index (κ2) is 6.82. The summed E-state index contributed by atoms with van der Waals surface area (Å²) >= 11 is 0. The van der Waals surface area contributed by atoms with Gasteiger partial charge in [0, 0.05) is 19.6 Å². The van der Waals surface area contributed by atoms with Crippen molar-refractivity contribution in [1.29, 1.82) is 0 Å². The quantitative estimate of drug-likeness (QED) is 0.474. The summed E-state index contributed by atoms with van der Waals surface area (Å²) in [4.78, 5) is 26.5. The molecule has 1 aliphatic heterocycles. The van der Waals surface area contributed by atoms with E-state index < -0.39 is 35.0 Å². The van der Waals surface area contributed by atoms with Gasteiger partial charge in [-0.2, -0.15) is 0 Å². The molecule has 0 aromatic carbocycles. The number of allylic oxidation sites excluding steroid dienone is 1. The molecule has 1 fully saturated rings. The minimum Gasteiger partial charge on any atom is -0.467 e. The van der Waals surface area contributed by atoms with Crippen LogP contribution in [0.4, 0.5) is 0 Å². The minimum atomic E-state index is -1.91. The Morgan fingerprint density at radius 2 is 2.21 bits per heavy atom. The molecule has 0 saturated carbocycles. The molecule has 7 heteroatoms. The van der Waals surface area contributed by atoms with Crippen LogP contribution in [0.15, 0.2) is 12.2 Å². The van der Waals surface area contributed by atoms with Crippen molar-refractivity contribution in [1.82, 2.24) is 4.90 Å². The molecule has 0 spiro atoms. The molecule has 5 atom stereocenters. The van der Waals surface area contributed by atoms with Crippen LogP contribution in [-0.4, -0.2) is 70.1 Å². The molecule has 0 bridgehead atoms. The summed E-state index contributed by atoms with van der Waals surface area (Å²) in [5, 5.41) is 31.5. The van der Waals surface area contributed by atoms with Gasteiger partial charge in [-0.15, -0.1) is 0 Å². The van der Waals surface area contributed by atoms with E-state index in [1.165, 1.54) is 21.1 Å². The first-order chi connectivity index (χ1) is 11.3.